The number of carbonyl (C=O) groups is 1. The number of hydrogen-bond donors (Lipinski definition) is 2. The molecule has 2 aromatic heterocycles. The van der Waals surface area contributed by atoms with E-state index in [2.05, 4.69) is 10.3 Å². The van der Waals surface area contributed by atoms with Gasteiger partial charge in [0.25, 0.3) is 11.5 Å². The van der Waals surface area contributed by atoms with Crippen molar-refractivity contribution in [3.05, 3.63) is 40.3 Å². The fraction of sp³-hybridized carbons (Fsp3) is 0.250. The number of aliphatic hydroxyl groups excluding tert-OH is 1. The molecular formula is C12H13N3O3. The predicted molar refractivity (Wildman–Crippen MR) is 66.4 cm³/mol. The monoisotopic (exact) mass is 247 g/mol. The number of rotatable bonds is 3. The van der Waals surface area contributed by atoms with Crippen LogP contribution >= 0.6 is 0 Å². The van der Waals surface area contributed by atoms with Gasteiger partial charge in [0.15, 0.2) is 0 Å². The molecule has 0 aliphatic rings. The first-order valence-electron chi connectivity index (χ1n) is 5.49. The van der Waals surface area contributed by atoms with Crippen molar-refractivity contribution in [3.8, 4) is 0 Å². The quantitative estimate of drug-likeness (QED) is 0.777. The van der Waals surface area contributed by atoms with Gasteiger partial charge < -0.3 is 15.0 Å². The lowest BCUT2D eigenvalue weighted by Crippen LogP contribution is -2.33. The highest BCUT2D eigenvalue weighted by Crippen LogP contribution is 2.09. The lowest BCUT2D eigenvalue weighted by atomic mass is 10.2. The van der Waals surface area contributed by atoms with Gasteiger partial charge in [-0.05, 0) is 18.2 Å². The Kier molecular flexibility index (Phi) is 3.38. The summed E-state index contributed by atoms with van der Waals surface area (Å²) < 4.78 is 1.39. The Morgan fingerprint density at radius 3 is 3.06 bits per heavy atom. The van der Waals surface area contributed by atoms with Crippen molar-refractivity contribution in [2.75, 3.05) is 13.2 Å². The van der Waals surface area contributed by atoms with Gasteiger partial charge in [-0.2, -0.15) is 0 Å². The van der Waals surface area contributed by atoms with E-state index in [-0.39, 0.29) is 24.3 Å². The topological polar surface area (TPSA) is 84.2 Å². The fourth-order valence-corrected chi connectivity index (χ4v) is 1.72. The van der Waals surface area contributed by atoms with Gasteiger partial charge in [0.05, 0.1) is 17.6 Å². The summed E-state index contributed by atoms with van der Waals surface area (Å²) in [5.41, 5.74) is 0.887. The number of hydrogen-bond acceptors (Lipinski definition) is 4. The van der Waals surface area contributed by atoms with Crippen LogP contribution in [0.25, 0.3) is 11.0 Å². The molecule has 1 amide bonds. The number of nitrogens with zero attached hydrogens (tertiary/aromatic N) is 2. The molecule has 2 heterocycles. The van der Waals surface area contributed by atoms with E-state index in [4.69, 9.17) is 5.11 Å². The molecule has 0 radical (unpaired) electrons. The summed E-state index contributed by atoms with van der Waals surface area (Å²) in [5, 5.41) is 11.1. The molecule has 6 heteroatoms. The minimum Gasteiger partial charge on any atom is -0.395 e. The number of aromatic nitrogens is 2. The van der Waals surface area contributed by atoms with Gasteiger partial charge in [-0.25, -0.2) is 0 Å². The molecule has 0 saturated heterocycles. The lowest BCUT2D eigenvalue weighted by Gasteiger charge is -2.07. The van der Waals surface area contributed by atoms with E-state index in [0.29, 0.717) is 11.0 Å². The lowest BCUT2D eigenvalue weighted by molar-refractivity contribution is 0.0943. The highest BCUT2D eigenvalue weighted by molar-refractivity contribution is 5.96. The number of aliphatic hydroxyl groups is 1. The molecule has 18 heavy (non-hydrogen) atoms. The zero-order valence-corrected chi connectivity index (χ0v) is 9.88. The molecule has 0 fully saturated rings. The Bertz CT molecular complexity index is 649. The number of nitrogens with one attached hydrogen (secondary N) is 1. The normalized spacial score (nSPS) is 10.6. The average Bonchev–Trinajstić information content (AvgIpc) is 2.40. The highest BCUT2D eigenvalue weighted by atomic mass is 16.3. The van der Waals surface area contributed by atoms with Crippen LogP contribution in [0.15, 0.2) is 29.2 Å². The average molecular weight is 247 g/mol. The molecule has 2 rings (SSSR count). The van der Waals surface area contributed by atoms with Crippen LogP contribution in [0.4, 0.5) is 0 Å². The van der Waals surface area contributed by atoms with Crippen molar-refractivity contribution in [1.82, 2.24) is 14.9 Å². The minimum atomic E-state index is -0.503. The third-order valence-corrected chi connectivity index (χ3v) is 2.64. The molecule has 0 bridgehead atoms. The smallest absolute Gasteiger partial charge is 0.263 e. The second kappa shape index (κ2) is 4.97. The number of fused-ring (bicyclic) bond motifs is 1. The first kappa shape index (κ1) is 12.3. The molecule has 2 N–H and O–H groups in total. The highest BCUT2D eigenvalue weighted by Gasteiger charge is 2.13. The van der Waals surface area contributed by atoms with Gasteiger partial charge in [-0.3, -0.25) is 14.6 Å². The van der Waals surface area contributed by atoms with E-state index in [0.717, 1.165) is 0 Å². The van der Waals surface area contributed by atoms with Crippen molar-refractivity contribution >= 4 is 16.9 Å². The largest absolute Gasteiger partial charge is 0.395 e. The van der Waals surface area contributed by atoms with Crippen molar-refractivity contribution < 1.29 is 9.90 Å². The van der Waals surface area contributed by atoms with Gasteiger partial charge in [0.2, 0.25) is 0 Å². The summed E-state index contributed by atoms with van der Waals surface area (Å²) in [6, 6.07) is 4.96. The van der Waals surface area contributed by atoms with E-state index in [1.54, 1.807) is 25.4 Å². The third kappa shape index (κ3) is 2.10. The Labute approximate surface area is 103 Å². The first-order chi connectivity index (χ1) is 8.65. The van der Waals surface area contributed by atoms with Gasteiger partial charge in [-0.1, -0.05) is 0 Å². The summed E-state index contributed by atoms with van der Waals surface area (Å²) in [5.74, 6) is -0.503. The summed E-state index contributed by atoms with van der Waals surface area (Å²) in [7, 11) is 1.59. The van der Waals surface area contributed by atoms with Crippen molar-refractivity contribution in [2.45, 2.75) is 0 Å². The van der Waals surface area contributed by atoms with Gasteiger partial charge in [0.1, 0.15) is 5.56 Å². The van der Waals surface area contributed by atoms with Crippen LogP contribution in [-0.4, -0.2) is 33.7 Å². The van der Waals surface area contributed by atoms with E-state index in [1.165, 1.54) is 10.6 Å². The van der Waals surface area contributed by atoms with Crippen LogP contribution in [0.3, 0.4) is 0 Å². The zero-order chi connectivity index (χ0) is 13.1. The molecule has 0 aliphatic heterocycles. The Balaban J connectivity index is 2.55. The maximum absolute atomic E-state index is 12.0. The summed E-state index contributed by atoms with van der Waals surface area (Å²) in [6.45, 7) is -0.0554. The molecule has 0 spiro atoms. The second-order valence-electron chi connectivity index (χ2n) is 3.81. The van der Waals surface area contributed by atoms with Gasteiger partial charge in [0, 0.05) is 19.8 Å². The molecule has 0 unspecified atom stereocenters. The zero-order valence-electron chi connectivity index (χ0n) is 9.88. The van der Waals surface area contributed by atoms with Crippen LogP contribution in [0.1, 0.15) is 10.4 Å². The molecule has 2 aromatic rings. The summed E-state index contributed by atoms with van der Waals surface area (Å²) in [4.78, 5) is 27.9. The number of amides is 1. The van der Waals surface area contributed by atoms with Crippen molar-refractivity contribution in [2.24, 2.45) is 7.05 Å². The van der Waals surface area contributed by atoms with E-state index in [9.17, 15) is 9.59 Å². The van der Waals surface area contributed by atoms with Gasteiger partial charge in [-0.15, -0.1) is 0 Å². The first-order valence-corrected chi connectivity index (χ1v) is 5.49. The Morgan fingerprint density at radius 1 is 1.56 bits per heavy atom. The molecule has 6 nitrogen and oxygen atoms in total. The standard InChI is InChI=1S/C12H13N3O3/c1-15-10-3-2-4-13-9(10)7-8(12(15)18)11(17)14-5-6-16/h2-4,7,16H,5-6H2,1H3,(H,14,17). The molecule has 0 saturated carbocycles. The van der Waals surface area contributed by atoms with Crippen molar-refractivity contribution in [3.63, 3.8) is 0 Å². The number of carbonyl (C=O) groups excluding carboxylic acids is 1. The number of aryl methyl sites for hydroxylation is 1. The van der Waals surface area contributed by atoms with E-state index >= 15 is 0 Å². The van der Waals surface area contributed by atoms with Crippen LogP contribution in [-0.2, 0) is 7.05 Å². The Hall–Kier alpha value is -2.21. The maximum atomic E-state index is 12.0. The van der Waals surface area contributed by atoms with E-state index in [1.807, 2.05) is 0 Å². The minimum absolute atomic E-state index is 0.0251. The van der Waals surface area contributed by atoms with Crippen LogP contribution < -0.4 is 10.9 Å². The second-order valence-corrected chi connectivity index (χ2v) is 3.81. The summed E-state index contributed by atoms with van der Waals surface area (Å²) >= 11 is 0. The fourth-order valence-electron chi connectivity index (χ4n) is 1.72. The molecule has 0 aromatic carbocycles. The summed E-state index contributed by atoms with van der Waals surface area (Å²) in [6.07, 6.45) is 1.60. The van der Waals surface area contributed by atoms with Gasteiger partial charge >= 0.3 is 0 Å². The molecule has 0 atom stereocenters. The Morgan fingerprint density at radius 2 is 2.33 bits per heavy atom. The molecular weight excluding hydrogens is 234 g/mol. The number of pyridine rings is 2. The van der Waals surface area contributed by atoms with Crippen LogP contribution in [0.2, 0.25) is 0 Å². The molecule has 94 valence electrons. The van der Waals surface area contributed by atoms with Crippen LogP contribution in [0.5, 0.6) is 0 Å². The van der Waals surface area contributed by atoms with E-state index < -0.39 is 5.91 Å². The maximum Gasteiger partial charge on any atom is 0.263 e. The SMILES string of the molecule is Cn1c(=O)c(C(=O)NCCO)cc2ncccc21. The predicted octanol–water partition coefficient (Wildman–Crippen LogP) is -0.344. The van der Waals surface area contributed by atoms with Crippen LogP contribution in [0, 0.1) is 0 Å². The molecule has 0 aliphatic carbocycles. The van der Waals surface area contributed by atoms with Crippen molar-refractivity contribution in [1.29, 1.82) is 0 Å². The third-order valence-electron chi connectivity index (χ3n) is 2.64.